The van der Waals surface area contributed by atoms with Crippen LogP contribution in [0.15, 0.2) is 0 Å². The molecule has 0 aromatic heterocycles. The fraction of sp³-hybridized carbons (Fsp3) is 1.00. The summed E-state index contributed by atoms with van der Waals surface area (Å²) >= 11 is 0. The average molecular weight is 132 g/mol. The molecule has 8 heavy (non-hydrogen) atoms. The number of hydrogen-bond donors (Lipinski definition) is 0. The van der Waals surface area contributed by atoms with E-state index in [1.165, 1.54) is 6.04 Å². The standard InChI is InChI=1S/C6H16OSi/c1-6(2)4-8-5-7-3/h6H,4-5,8H2,1-3H3. The highest BCUT2D eigenvalue weighted by Gasteiger charge is 1.91. The molecule has 0 aromatic rings. The number of ether oxygens (including phenoxy) is 1. The Balaban J connectivity index is 2.72. The van der Waals surface area contributed by atoms with Crippen molar-refractivity contribution in [1.82, 2.24) is 0 Å². The van der Waals surface area contributed by atoms with Gasteiger partial charge in [-0.2, -0.15) is 0 Å². The second-order valence-electron chi connectivity index (χ2n) is 2.53. The highest BCUT2D eigenvalue weighted by atomic mass is 28.2. The van der Waals surface area contributed by atoms with Crippen LogP contribution in [0.25, 0.3) is 0 Å². The van der Waals surface area contributed by atoms with Crippen molar-refractivity contribution in [3.8, 4) is 0 Å². The van der Waals surface area contributed by atoms with E-state index in [2.05, 4.69) is 13.8 Å². The predicted octanol–water partition coefficient (Wildman–Crippen LogP) is 0.833. The van der Waals surface area contributed by atoms with Crippen LogP contribution in [-0.4, -0.2) is 22.9 Å². The van der Waals surface area contributed by atoms with Gasteiger partial charge in [-0.3, -0.25) is 0 Å². The van der Waals surface area contributed by atoms with E-state index in [-0.39, 0.29) is 9.52 Å². The molecular weight excluding hydrogens is 116 g/mol. The number of hydrogen-bond acceptors (Lipinski definition) is 1. The summed E-state index contributed by atoms with van der Waals surface area (Å²) in [7, 11) is 1.93. The zero-order chi connectivity index (χ0) is 6.41. The maximum atomic E-state index is 4.95. The summed E-state index contributed by atoms with van der Waals surface area (Å²) in [6.07, 6.45) is 1.05. The van der Waals surface area contributed by atoms with E-state index in [9.17, 15) is 0 Å². The molecule has 0 aliphatic carbocycles. The van der Waals surface area contributed by atoms with Crippen LogP contribution in [0.3, 0.4) is 0 Å². The second kappa shape index (κ2) is 5.32. The van der Waals surface area contributed by atoms with Crippen molar-refractivity contribution in [3.63, 3.8) is 0 Å². The summed E-state index contributed by atoms with van der Waals surface area (Å²) in [4.78, 5) is 0. The van der Waals surface area contributed by atoms with Gasteiger partial charge >= 0.3 is 0 Å². The molecule has 0 N–H and O–H groups in total. The van der Waals surface area contributed by atoms with E-state index in [1.807, 2.05) is 0 Å². The van der Waals surface area contributed by atoms with Gasteiger partial charge in [-0.05, 0) is 5.92 Å². The zero-order valence-electron chi connectivity index (χ0n) is 6.11. The Morgan fingerprint density at radius 3 is 2.50 bits per heavy atom. The second-order valence-corrected chi connectivity index (χ2v) is 4.22. The first-order valence-corrected chi connectivity index (χ1v) is 5.26. The van der Waals surface area contributed by atoms with Gasteiger partial charge in [0.15, 0.2) is 0 Å². The fourth-order valence-electron chi connectivity index (χ4n) is 0.636. The molecule has 0 atom stereocenters. The molecule has 0 fully saturated rings. The van der Waals surface area contributed by atoms with Gasteiger partial charge in [-0.15, -0.1) is 0 Å². The minimum atomic E-state index is 0.142. The topological polar surface area (TPSA) is 9.23 Å². The van der Waals surface area contributed by atoms with Gasteiger partial charge in [0.25, 0.3) is 0 Å². The predicted molar refractivity (Wildman–Crippen MR) is 40.1 cm³/mol. The molecule has 50 valence electrons. The highest BCUT2D eigenvalue weighted by Crippen LogP contribution is 1.97. The lowest BCUT2D eigenvalue weighted by atomic mass is 10.3. The lowest BCUT2D eigenvalue weighted by Gasteiger charge is -2.00. The van der Waals surface area contributed by atoms with E-state index < -0.39 is 0 Å². The summed E-state index contributed by atoms with van der Waals surface area (Å²) < 4.78 is 4.95. The minimum Gasteiger partial charge on any atom is -0.389 e. The number of rotatable bonds is 4. The Bertz CT molecular complexity index is 45.8. The van der Waals surface area contributed by atoms with E-state index in [1.54, 1.807) is 7.11 Å². The molecular formula is C6H16OSi. The monoisotopic (exact) mass is 132 g/mol. The molecule has 0 saturated carbocycles. The van der Waals surface area contributed by atoms with Crippen LogP contribution < -0.4 is 0 Å². The zero-order valence-corrected chi connectivity index (χ0v) is 7.52. The average Bonchev–Trinajstić information content (AvgIpc) is 1.66. The Labute approximate surface area is 54.3 Å². The van der Waals surface area contributed by atoms with E-state index >= 15 is 0 Å². The summed E-state index contributed by atoms with van der Waals surface area (Å²) in [5, 5.41) is 0. The van der Waals surface area contributed by atoms with Gasteiger partial charge in [-0.1, -0.05) is 19.9 Å². The van der Waals surface area contributed by atoms with Crippen molar-refractivity contribution in [2.24, 2.45) is 5.92 Å². The largest absolute Gasteiger partial charge is 0.389 e. The molecule has 0 spiro atoms. The molecule has 0 bridgehead atoms. The molecule has 0 aliphatic heterocycles. The first-order valence-electron chi connectivity index (χ1n) is 3.26. The Morgan fingerprint density at radius 2 is 2.12 bits per heavy atom. The van der Waals surface area contributed by atoms with Crippen LogP contribution in [0.5, 0.6) is 0 Å². The molecule has 0 radical (unpaired) electrons. The van der Waals surface area contributed by atoms with Crippen LogP contribution in [0.2, 0.25) is 6.04 Å². The normalized spacial score (nSPS) is 12.0. The van der Waals surface area contributed by atoms with Gasteiger partial charge in [0.05, 0.1) is 9.52 Å². The fourth-order valence-corrected chi connectivity index (χ4v) is 1.91. The van der Waals surface area contributed by atoms with E-state index in [0.29, 0.717) is 0 Å². The molecule has 0 amide bonds. The molecule has 0 aliphatic rings. The molecule has 0 heterocycles. The van der Waals surface area contributed by atoms with Crippen molar-refractivity contribution in [3.05, 3.63) is 0 Å². The lowest BCUT2D eigenvalue weighted by molar-refractivity contribution is 0.251. The molecule has 1 nitrogen and oxygen atoms in total. The van der Waals surface area contributed by atoms with Crippen LogP contribution >= 0.6 is 0 Å². The van der Waals surface area contributed by atoms with Crippen molar-refractivity contribution < 1.29 is 4.74 Å². The molecule has 2 heteroatoms. The van der Waals surface area contributed by atoms with Crippen molar-refractivity contribution in [1.29, 1.82) is 0 Å². The highest BCUT2D eigenvalue weighted by molar-refractivity contribution is 6.35. The summed E-state index contributed by atoms with van der Waals surface area (Å²) in [5.41, 5.74) is 0. The minimum absolute atomic E-state index is 0.142. The first kappa shape index (κ1) is 8.18. The maximum absolute atomic E-state index is 4.95. The molecule has 0 saturated heterocycles. The molecule has 0 rings (SSSR count). The van der Waals surface area contributed by atoms with Crippen LogP contribution in [0.1, 0.15) is 13.8 Å². The Morgan fingerprint density at radius 1 is 1.50 bits per heavy atom. The van der Waals surface area contributed by atoms with Crippen LogP contribution in [0, 0.1) is 5.92 Å². The number of methoxy groups -OCH3 is 1. The van der Waals surface area contributed by atoms with Gasteiger partial charge in [0, 0.05) is 13.3 Å². The van der Waals surface area contributed by atoms with Gasteiger partial charge in [-0.25, -0.2) is 0 Å². The summed E-state index contributed by atoms with van der Waals surface area (Å²) in [5.74, 6) is 0.886. The van der Waals surface area contributed by atoms with Crippen LogP contribution in [-0.2, 0) is 4.74 Å². The third-order valence-corrected chi connectivity index (χ3v) is 3.39. The first-order chi connectivity index (χ1) is 3.77. The maximum Gasteiger partial charge on any atom is 0.0518 e. The summed E-state index contributed by atoms with van der Waals surface area (Å²) in [6.45, 7) is 4.53. The van der Waals surface area contributed by atoms with Crippen LogP contribution in [0.4, 0.5) is 0 Å². The van der Waals surface area contributed by atoms with Crippen molar-refractivity contribution in [2.75, 3.05) is 13.3 Å². The van der Waals surface area contributed by atoms with Gasteiger partial charge in [0.2, 0.25) is 0 Å². The van der Waals surface area contributed by atoms with Crippen molar-refractivity contribution in [2.45, 2.75) is 19.9 Å². The lowest BCUT2D eigenvalue weighted by Crippen LogP contribution is -2.03. The van der Waals surface area contributed by atoms with Gasteiger partial charge < -0.3 is 4.74 Å². The van der Waals surface area contributed by atoms with E-state index in [0.717, 1.165) is 12.1 Å². The van der Waals surface area contributed by atoms with Crippen molar-refractivity contribution >= 4 is 9.52 Å². The quantitative estimate of drug-likeness (QED) is 0.407. The SMILES string of the molecule is COC[SiH2]CC(C)C. The third-order valence-electron chi connectivity index (χ3n) is 1.13. The summed E-state index contributed by atoms with van der Waals surface area (Å²) in [6, 6.07) is 1.42. The van der Waals surface area contributed by atoms with Gasteiger partial charge in [0.1, 0.15) is 0 Å². The third kappa shape index (κ3) is 6.18. The molecule has 0 aromatic carbocycles. The Kier molecular flexibility index (Phi) is 5.43. The molecule has 0 unspecified atom stereocenters. The smallest absolute Gasteiger partial charge is 0.0518 e. The van der Waals surface area contributed by atoms with E-state index in [4.69, 9.17) is 4.74 Å². The Hall–Kier alpha value is 0.177.